The molecule has 0 heterocycles. The molecule has 12 heteroatoms. The van der Waals surface area contributed by atoms with Crippen molar-refractivity contribution in [1.29, 1.82) is 0 Å². The highest BCUT2D eigenvalue weighted by molar-refractivity contribution is 5.56. The molecule has 0 unspecified atom stereocenters. The molecule has 0 saturated heterocycles. The van der Waals surface area contributed by atoms with Crippen LogP contribution in [0.2, 0.25) is 0 Å². The van der Waals surface area contributed by atoms with E-state index in [0.717, 1.165) is 0 Å². The van der Waals surface area contributed by atoms with Gasteiger partial charge in [-0.15, -0.1) is 0 Å². The first-order valence-corrected chi connectivity index (χ1v) is 4.76. The highest BCUT2D eigenvalue weighted by Gasteiger charge is 2.47. The summed E-state index contributed by atoms with van der Waals surface area (Å²) < 4.78 is 103. The maximum absolute atomic E-state index is 12.7. The zero-order valence-electron chi connectivity index (χ0n) is 9.43. The average Bonchev–Trinajstić information content (AvgIpc) is 2.23. The lowest BCUT2D eigenvalue weighted by atomic mass is 10.1. The molecular weight excluding hydrogens is 322 g/mol. The molecule has 0 N–H and O–H groups in total. The fourth-order valence-electron chi connectivity index (χ4n) is 1.43. The largest absolute Gasteiger partial charge is 0.433 e. The molecule has 4 nitrogen and oxygen atoms in total. The summed E-state index contributed by atoms with van der Waals surface area (Å²) >= 11 is 0. The normalized spacial score (nSPS) is 12.6. The molecule has 0 aliphatic carbocycles. The number of hydrogen-bond acceptors (Lipinski definition) is 3. The third kappa shape index (κ3) is 3.70. The Morgan fingerprint density at radius 2 is 1.57 bits per heavy atom. The second kappa shape index (κ2) is 5.33. The quantitative estimate of drug-likeness (QED) is 0.475. The van der Waals surface area contributed by atoms with Crippen LogP contribution < -0.4 is 4.74 Å². The first-order chi connectivity index (χ1) is 9.35. The number of halogens is 8. The van der Waals surface area contributed by atoms with E-state index in [0.29, 0.717) is 0 Å². The Bertz CT molecular complexity index is 551. The Balaban J connectivity index is 3.78. The second-order valence-corrected chi connectivity index (χ2v) is 3.47. The van der Waals surface area contributed by atoms with E-state index < -0.39 is 46.5 Å². The topological polar surface area (TPSA) is 52.4 Å². The minimum Gasteiger partial charge on any atom is -0.433 e. The summed E-state index contributed by atoms with van der Waals surface area (Å²) in [5.74, 6) is -2.33. The van der Waals surface area contributed by atoms with Gasteiger partial charge in [0.2, 0.25) is 0 Å². The lowest BCUT2D eigenvalue weighted by molar-refractivity contribution is -0.388. The number of hydrogen-bond donors (Lipinski definition) is 0. The Kier molecular flexibility index (Phi) is 4.29. The summed E-state index contributed by atoms with van der Waals surface area (Å²) in [6.07, 6.45) is -11.2. The molecule has 1 rings (SSSR count). The SMILES string of the molecule is O=[N+]([O-])c1ccc(C(F)(F)F)c(OC(F)F)c1C(F)(F)F. The molecule has 0 fully saturated rings. The first kappa shape index (κ1) is 16.9. The van der Waals surface area contributed by atoms with Gasteiger partial charge in [-0.3, -0.25) is 10.1 Å². The molecule has 0 bridgehead atoms. The van der Waals surface area contributed by atoms with Crippen LogP contribution in [-0.2, 0) is 12.4 Å². The van der Waals surface area contributed by atoms with Crippen LogP contribution in [0.3, 0.4) is 0 Å². The van der Waals surface area contributed by atoms with Crippen LogP contribution in [0, 0.1) is 10.1 Å². The van der Waals surface area contributed by atoms with E-state index in [1.165, 1.54) is 0 Å². The van der Waals surface area contributed by atoms with Gasteiger partial charge < -0.3 is 4.74 Å². The smallest absolute Gasteiger partial charge is 0.426 e. The Hall–Kier alpha value is -2.14. The van der Waals surface area contributed by atoms with Gasteiger partial charge in [-0.1, -0.05) is 0 Å². The minimum atomic E-state index is -5.70. The van der Waals surface area contributed by atoms with E-state index in [1.807, 2.05) is 0 Å². The molecule has 0 saturated carbocycles. The summed E-state index contributed by atoms with van der Waals surface area (Å²) in [6, 6.07) is -0.213. The van der Waals surface area contributed by atoms with Gasteiger partial charge in [0.15, 0.2) is 11.3 Å². The molecule has 0 amide bonds. The number of nitro benzene ring substituents is 1. The zero-order valence-corrected chi connectivity index (χ0v) is 9.43. The lowest BCUT2D eigenvalue weighted by Gasteiger charge is -2.18. The molecule has 1 aromatic carbocycles. The van der Waals surface area contributed by atoms with Crippen LogP contribution in [0.15, 0.2) is 12.1 Å². The van der Waals surface area contributed by atoms with Crippen LogP contribution in [0.1, 0.15) is 11.1 Å². The van der Waals surface area contributed by atoms with Crippen molar-refractivity contribution in [2.24, 2.45) is 0 Å². The van der Waals surface area contributed by atoms with Crippen LogP contribution >= 0.6 is 0 Å². The number of nitrogens with zero attached hydrogens (tertiary/aromatic N) is 1. The zero-order chi connectivity index (χ0) is 16.6. The predicted octanol–water partition coefficient (Wildman–Crippen LogP) is 4.23. The number of ether oxygens (including phenoxy) is 1. The van der Waals surface area contributed by atoms with Crippen LogP contribution in [0.4, 0.5) is 40.8 Å². The molecule has 21 heavy (non-hydrogen) atoms. The summed E-state index contributed by atoms with van der Waals surface area (Å²) in [5.41, 5.74) is -6.55. The lowest BCUT2D eigenvalue weighted by Crippen LogP contribution is -2.18. The monoisotopic (exact) mass is 325 g/mol. The molecule has 118 valence electrons. The summed E-state index contributed by atoms with van der Waals surface area (Å²) in [5, 5.41) is 10.4. The van der Waals surface area contributed by atoms with Crippen molar-refractivity contribution in [2.75, 3.05) is 0 Å². The van der Waals surface area contributed by atoms with Crippen molar-refractivity contribution < 1.29 is 44.8 Å². The van der Waals surface area contributed by atoms with Gasteiger partial charge in [-0.2, -0.15) is 35.1 Å². The highest BCUT2D eigenvalue weighted by Crippen LogP contribution is 2.48. The standard InChI is InChI=1S/C9H3F8NO3/c10-7(11)21-6-3(8(12,13)14)1-2-4(18(19)20)5(6)9(15,16)17/h1-2,7H. The molecule has 0 atom stereocenters. The fraction of sp³-hybridized carbons (Fsp3) is 0.333. The fourth-order valence-corrected chi connectivity index (χ4v) is 1.43. The average molecular weight is 325 g/mol. The van der Waals surface area contributed by atoms with Crippen molar-refractivity contribution in [3.8, 4) is 5.75 Å². The van der Waals surface area contributed by atoms with E-state index in [1.54, 1.807) is 0 Å². The summed E-state index contributed by atoms with van der Waals surface area (Å²) in [7, 11) is 0. The second-order valence-electron chi connectivity index (χ2n) is 3.47. The van der Waals surface area contributed by atoms with Crippen molar-refractivity contribution in [1.82, 2.24) is 0 Å². The Morgan fingerprint density at radius 3 is 1.90 bits per heavy atom. The molecule has 0 radical (unpaired) electrons. The number of rotatable bonds is 3. The summed E-state index contributed by atoms with van der Waals surface area (Å²) in [4.78, 5) is 8.80. The van der Waals surface area contributed by atoms with Crippen molar-refractivity contribution in [2.45, 2.75) is 19.0 Å². The molecule has 0 spiro atoms. The predicted molar refractivity (Wildman–Crippen MR) is 49.7 cm³/mol. The van der Waals surface area contributed by atoms with Gasteiger partial charge in [0.25, 0.3) is 5.69 Å². The van der Waals surface area contributed by atoms with Crippen molar-refractivity contribution >= 4 is 5.69 Å². The van der Waals surface area contributed by atoms with Gasteiger partial charge in [-0.05, 0) is 6.07 Å². The third-order valence-electron chi connectivity index (χ3n) is 2.13. The van der Waals surface area contributed by atoms with E-state index in [2.05, 4.69) is 4.74 Å². The van der Waals surface area contributed by atoms with Crippen LogP contribution in [0.25, 0.3) is 0 Å². The van der Waals surface area contributed by atoms with E-state index in [-0.39, 0.29) is 12.1 Å². The Labute approximate surface area is 110 Å². The Morgan fingerprint density at radius 1 is 1.05 bits per heavy atom. The minimum absolute atomic E-state index is 0.0794. The van der Waals surface area contributed by atoms with Gasteiger partial charge >= 0.3 is 19.0 Å². The number of nitro groups is 1. The maximum atomic E-state index is 12.7. The molecule has 1 aromatic rings. The van der Waals surface area contributed by atoms with Crippen molar-refractivity contribution in [3.05, 3.63) is 33.4 Å². The molecular formula is C9H3F8NO3. The third-order valence-corrected chi connectivity index (χ3v) is 2.13. The van der Waals surface area contributed by atoms with Gasteiger partial charge in [-0.25, -0.2) is 0 Å². The maximum Gasteiger partial charge on any atom is 0.426 e. The van der Waals surface area contributed by atoms with Crippen LogP contribution in [0.5, 0.6) is 5.75 Å². The molecule has 0 aromatic heterocycles. The number of benzene rings is 1. The van der Waals surface area contributed by atoms with E-state index >= 15 is 0 Å². The van der Waals surface area contributed by atoms with E-state index in [4.69, 9.17) is 0 Å². The van der Waals surface area contributed by atoms with Gasteiger partial charge in [0.05, 0.1) is 10.5 Å². The van der Waals surface area contributed by atoms with E-state index in [9.17, 15) is 45.2 Å². The first-order valence-electron chi connectivity index (χ1n) is 4.76. The van der Waals surface area contributed by atoms with Crippen molar-refractivity contribution in [3.63, 3.8) is 0 Å². The van der Waals surface area contributed by atoms with Crippen LogP contribution in [-0.4, -0.2) is 11.5 Å². The number of alkyl halides is 8. The summed E-state index contributed by atoms with van der Waals surface area (Å²) in [6.45, 7) is -4.03. The molecule has 0 aliphatic rings. The van der Waals surface area contributed by atoms with Gasteiger partial charge in [0, 0.05) is 6.07 Å². The molecule has 0 aliphatic heterocycles. The van der Waals surface area contributed by atoms with Gasteiger partial charge in [0.1, 0.15) is 0 Å². The highest BCUT2D eigenvalue weighted by atomic mass is 19.4.